The van der Waals surface area contributed by atoms with Crippen LogP contribution in [0.2, 0.25) is 0 Å². The van der Waals surface area contributed by atoms with E-state index in [4.69, 9.17) is 15.6 Å². The van der Waals surface area contributed by atoms with Gasteiger partial charge in [-0.3, -0.25) is 4.79 Å². The van der Waals surface area contributed by atoms with Crippen molar-refractivity contribution in [1.29, 1.82) is 0 Å². The molecule has 0 aliphatic heterocycles. The van der Waals surface area contributed by atoms with Gasteiger partial charge in [0.15, 0.2) is 0 Å². The average molecular weight is 215 g/mol. The predicted molar refractivity (Wildman–Crippen MR) is 57.6 cm³/mol. The molecule has 0 aromatic carbocycles. The summed E-state index contributed by atoms with van der Waals surface area (Å²) in [5.41, 5.74) is 4.76. The van der Waals surface area contributed by atoms with Crippen molar-refractivity contribution < 1.29 is 14.6 Å². The Balaban J connectivity index is 2.67. The van der Waals surface area contributed by atoms with Gasteiger partial charge in [0.05, 0.1) is 12.2 Å². The number of carboxylic acid groups (broad SMARTS) is 1. The molecule has 1 aliphatic carbocycles. The molecular formula is C11H21NO3. The van der Waals surface area contributed by atoms with Gasteiger partial charge in [-0.25, -0.2) is 0 Å². The third kappa shape index (κ3) is 2.92. The van der Waals surface area contributed by atoms with Gasteiger partial charge < -0.3 is 15.6 Å². The Labute approximate surface area is 90.8 Å². The fourth-order valence-corrected chi connectivity index (χ4v) is 2.06. The number of rotatable bonds is 3. The number of aliphatic carboxylic acids is 1. The molecule has 4 nitrogen and oxygen atoms in total. The summed E-state index contributed by atoms with van der Waals surface area (Å²) in [5, 5.41) is 9.06. The van der Waals surface area contributed by atoms with Crippen LogP contribution in [-0.4, -0.2) is 28.8 Å². The molecule has 15 heavy (non-hydrogen) atoms. The van der Waals surface area contributed by atoms with E-state index in [1.54, 1.807) is 0 Å². The molecule has 1 rings (SSSR count). The van der Waals surface area contributed by atoms with Crippen molar-refractivity contribution in [2.24, 2.45) is 11.7 Å². The topological polar surface area (TPSA) is 72.5 Å². The Hall–Kier alpha value is -0.610. The van der Waals surface area contributed by atoms with Gasteiger partial charge in [-0.1, -0.05) is 6.92 Å². The van der Waals surface area contributed by atoms with E-state index in [-0.39, 0.29) is 12.2 Å². The van der Waals surface area contributed by atoms with Crippen molar-refractivity contribution in [2.45, 2.75) is 57.8 Å². The normalized spacial score (nSPS) is 36.9. The standard InChI is InChI=1S/C11H21NO3/c1-7(2)15-9-6-11(12,10(13)14)5-4-8(9)3/h7-9H,4-6,12H2,1-3H3,(H,13,14). The second-order valence-electron chi connectivity index (χ2n) is 4.90. The van der Waals surface area contributed by atoms with E-state index >= 15 is 0 Å². The van der Waals surface area contributed by atoms with E-state index in [0.29, 0.717) is 18.8 Å². The molecular weight excluding hydrogens is 194 g/mol. The highest BCUT2D eigenvalue weighted by Gasteiger charge is 2.42. The first kappa shape index (κ1) is 12.5. The van der Waals surface area contributed by atoms with Crippen LogP contribution >= 0.6 is 0 Å². The molecule has 0 spiro atoms. The highest BCUT2D eigenvalue weighted by molar-refractivity contribution is 5.78. The number of carbonyl (C=O) groups is 1. The minimum absolute atomic E-state index is 0.0279. The third-order valence-corrected chi connectivity index (χ3v) is 3.12. The smallest absolute Gasteiger partial charge is 0.323 e. The zero-order valence-corrected chi connectivity index (χ0v) is 9.69. The lowest BCUT2D eigenvalue weighted by molar-refractivity contribution is -0.149. The SMILES string of the molecule is CC(C)OC1CC(N)(C(=O)O)CCC1C. The molecule has 3 unspecified atom stereocenters. The third-order valence-electron chi connectivity index (χ3n) is 3.12. The Kier molecular flexibility index (Phi) is 3.73. The molecule has 0 bridgehead atoms. The van der Waals surface area contributed by atoms with E-state index in [1.165, 1.54) is 0 Å². The molecule has 1 aliphatic rings. The molecule has 3 atom stereocenters. The molecule has 0 heterocycles. The molecule has 3 N–H and O–H groups in total. The molecule has 4 heteroatoms. The quantitative estimate of drug-likeness (QED) is 0.746. The van der Waals surface area contributed by atoms with Crippen molar-refractivity contribution in [3.05, 3.63) is 0 Å². The van der Waals surface area contributed by atoms with Gasteiger partial charge in [-0.2, -0.15) is 0 Å². The number of carboxylic acids is 1. The molecule has 1 saturated carbocycles. The zero-order valence-electron chi connectivity index (χ0n) is 9.69. The fraction of sp³-hybridized carbons (Fsp3) is 0.909. The maximum atomic E-state index is 11.0. The van der Waals surface area contributed by atoms with Crippen LogP contribution in [0, 0.1) is 5.92 Å². The summed E-state index contributed by atoms with van der Waals surface area (Å²) >= 11 is 0. The summed E-state index contributed by atoms with van der Waals surface area (Å²) < 4.78 is 5.71. The van der Waals surface area contributed by atoms with Crippen molar-refractivity contribution >= 4 is 5.97 Å². The van der Waals surface area contributed by atoms with E-state index < -0.39 is 11.5 Å². The Morgan fingerprint density at radius 3 is 2.67 bits per heavy atom. The second kappa shape index (κ2) is 4.49. The molecule has 0 saturated heterocycles. The molecule has 1 fully saturated rings. The maximum Gasteiger partial charge on any atom is 0.323 e. The largest absolute Gasteiger partial charge is 0.480 e. The summed E-state index contributed by atoms with van der Waals surface area (Å²) in [6.07, 6.45) is 1.87. The van der Waals surface area contributed by atoms with Gasteiger partial charge in [0.2, 0.25) is 0 Å². The van der Waals surface area contributed by atoms with Crippen LogP contribution in [0.1, 0.15) is 40.0 Å². The molecule has 88 valence electrons. The summed E-state index contributed by atoms with van der Waals surface area (Å²) in [5.74, 6) is -0.518. The molecule has 0 radical (unpaired) electrons. The van der Waals surface area contributed by atoms with E-state index in [1.807, 2.05) is 13.8 Å². The summed E-state index contributed by atoms with van der Waals surface area (Å²) in [6.45, 7) is 6.01. The van der Waals surface area contributed by atoms with Crippen LogP contribution in [0.4, 0.5) is 0 Å². The number of hydrogen-bond donors (Lipinski definition) is 2. The van der Waals surface area contributed by atoms with Crippen LogP contribution < -0.4 is 5.73 Å². The van der Waals surface area contributed by atoms with Crippen molar-refractivity contribution in [3.63, 3.8) is 0 Å². The van der Waals surface area contributed by atoms with Gasteiger partial charge in [-0.15, -0.1) is 0 Å². The van der Waals surface area contributed by atoms with Crippen LogP contribution in [0.5, 0.6) is 0 Å². The van der Waals surface area contributed by atoms with Gasteiger partial charge in [0.25, 0.3) is 0 Å². The Morgan fingerprint density at radius 1 is 1.60 bits per heavy atom. The van der Waals surface area contributed by atoms with Crippen LogP contribution in [-0.2, 0) is 9.53 Å². The minimum Gasteiger partial charge on any atom is -0.480 e. The monoisotopic (exact) mass is 215 g/mol. The van der Waals surface area contributed by atoms with Gasteiger partial charge >= 0.3 is 5.97 Å². The highest BCUT2D eigenvalue weighted by Crippen LogP contribution is 2.33. The maximum absolute atomic E-state index is 11.0. The number of nitrogens with two attached hydrogens (primary N) is 1. The van der Waals surface area contributed by atoms with Gasteiger partial charge in [0, 0.05) is 6.42 Å². The summed E-state index contributed by atoms with van der Waals surface area (Å²) in [7, 11) is 0. The molecule has 0 aromatic rings. The van der Waals surface area contributed by atoms with Crippen molar-refractivity contribution in [1.82, 2.24) is 0 Å². The van der Waals surface area contributed by atoms with E-state index in [9.17, 15) is 4.79 Å². The molecule has 0 amide bonds. The Bertz CT molecular complexity index is 242. The average Bonchev–Trinajstić information content (AvgIpc) is 2.10. The zero-order chi connectivity index (χ0) is 11.6. The number of ether oxygens (including phenoxy) is 1. The summed E-state index contributed by atoms with van der Waals surface area (Å²) in [6, 6.07) is 0. The lowest BCUT2D eigenvalue weighted by Gasteiger charge is -2.39. The first-order valence-corrected chi connectivity index (χ1v) is 5.53. The highest BCUT2D eigenvalue weighted by atomic mass is 16.5. The van der Waals surface area contributed by atoms with Crippen LogP contribution in [0.25, 0.3) is 0 Å². The van der Waals surface area contributed by atoms with E-state index in [2.05, 4.69) is 6.92 Å². The first-order chi connectivity index (χ1) is 6.85. The van der Waals surface area contributed by atoms with Crippen molar-refractivity contribution in [2.75, 3.05) is 0 Å². The van der Waals surface area contributed by atoms with E-state index in [0.717, 1.165) is 6.42 Å². The number of hydrogen-bond acceptors (Lipinski definition) is 3. The van der Waals surface area contributed by atoms with Gasteiger partial charge in [-0.05, 0) is 32.6 Å². The fourth-order valence-electron chi connectivity index (χ4n) is 2.06. The van der Waals surface area contributed by atoms with Crippen LogP contribution in [0.3, 0.4) is 0 Å². The minimum atomic E-state index is -1.09. The predicted octanol–water partition coefficient (Wildman–Crippen LogP) is 1.38. The van der Waals surface area contributed by atoms with Crippen LogP contribution in [0.15, 0.2) is 0 Å². The lowest BCUT2D eigenvalue weighted by atomic mass is 9.76. The Morgan fingerprint density at radius 2 is 2.20 bits per heavy atom. The molecule has 0 aromatic heterocycles. The van der Waals surface area contributed by atoms with Crippen molar-refractivity contribution in [3.8, 4) is 0 Å². The second-order valence-corrected chi connectivity index (χ2v) is 4.90. The first-order valence-electron chi connectivity index (χ1n) is 5.53. The lowest BCUT2D eigenvalue weighted by Crippen LogP contribution is -2.55. The summed E-state index contributed by atoms with van der Waals surface area (Å²) in [4.78, 5) is 11.0. The van der Waals surface area contributed by atoms with Gasteiger partial charge in [0.1, 0.15) is 5.54 Å².